The summed E-state index contributed by atoms with van der Waals surface area (Å²) in [5.74, 6) is -1.26. The SMILES string of the molecule is O=C(O)CCCN1C(=O)/C(=C\c2c(Sc3ccccc3)nc3ccccn3c2=O)SC1=S. The van der Waals surface area contributed by atoms with Crippen LogP contribution < -0.4 is 5.56 Å². The van der Waals surface area contributed by atoms with Gasteiger partial charge < -0.3 is 5.11 Å². The minimum Gasteiger partial charge on any atom is -0.481 e. The standard InChI is InChI=1S/C22H17N3O4S3/c26-18(27)10-6-12-25-21(29)16(32-22(25)30)13-15-19(31-14-7-2-1-3-8-14)23-17-9-4-5-11-24(17)20(15)28/h1-5,7-9,11,13H,6,10,12H2,(H,26,27)/b16-13+. The van der Waals surface area contributed by atoms with Crippen molar-refractivity contribution in [2.75, 3.05) is 6.54 Å². The minimum absolute atomic E-state index is 0.0517. The van der Waals surface area contributed by atoms with Gasteiger partial charge in [-0.2, -0.15) is 0 Å². The van der Waals surface area contributed by atoms with Crippen molar-refractivity contribution in [3.63, 3.8) is 0 Å². The number of benzene rings is 1. The quantitative estimate of drug-likeness (QED) is 0.307. The highest BCUT2D eigenvalue weighted by atomic mass is 32.2. The molecule has 0 bridgehead atoms. The van der Waals surface area contributed by atoms with Crippen molar-refractivity contribution in [2.24, 2.45) is 0 Å². The van der Waals surface area contributed by atoms with E-state index in [1.54, 1.807) is 24.4 Å². The lowest BCUT2D eigenvalue weighted by Crippen LogP contribution is -2.29. The first-order valence-electron chi connectivity index (χ1n) is 9.65. The van der Waals surface area contributed by atoms with Gasteiger partial charge in [0.05, 0.1) is 10.5 Å². The number of hydrogen-bond donors (Lipinski definition) is 1. The number of thioether (sulfide) groups is 1. The number of nitrogens with zero attached hydrogens (tertiary/aromatic N) is 3. The summed E-state index contributed by atoms with van der Waals surface area (Å²) in [4.78, 5) is 44.2. The molecule has 0 spiro atoms. The van der Waals surface area contributed by atoms with E-state index in [9.17, 15) is 14.4 Å². The molecule has 0 radical (unpaired) electrons. The molecule has 0 atom stereocenters. The van der Waals surface area contributed by atoms with Gasteiger partial charge in [0, 0.05) is 24.1 Å². The van der Waals surface area contributed by atoms with E-state index in [0.29, 0.717) is 31.9 Å². The Morgan fingerprint density at radius 1 is 1.16 bits per heavy atom. The van der Waals surface area contributed by atoms with Crippen LogP contribution in [0.1, 0.15) is 18.4 Å². The first-order chi connectivity index (χ1) is 15.4. The van der Waals surface area contributed by atoms with Crippen molar-refractivity contribution >= 4 is 63.7 Å². The lowest BCUT2D eigenvalue weighted by molar-refractivity contribution is -0.137. The van der Waals surface area contributed by atoms with Crippen molar-refractivity contribution in [1.29, 1.82) is 0 Å². The fourth-order valence-corrected chi connectivity index (χ4v) is 5.30. The number of fused-ring (bicyclic) bond motifs is 1. The zero-order chi connectivity index (χ0) is 22.7. The van der Waals surface area contributed by atoms with Gasteiger partial charge in [-0.05, 0) is 36.8 Å². The Kier molecular flexibility index (Phi) is 6.73. The summed E-state index contributed by atoms with van der Waals surface area (Å²) in [6, 6.07) is 14.9. The van der Waals surface area contributed by atoms with E-state index >= 15 is 0 Å². The second-order valence-electron chi connectivity index (χ2n) is 6.81. The third-order valence-electron chi connectivity index (χ3n) is 4.61. The van der Waals surface area contributed by atoms with E-state index < -0.39 is 5.97 Å². The van der Waals surface area contributed by atoms with Crippen molar-refractivity contribution in [1.82, 2.24) is 14.3 Å². The average Bonchev–Trinajstić information content (AvgIpc) is 3.04. The molecule has 1 aliphatic heterocycles. The molecular formula is C22H17N3O4S3. The number of rotatable bonds is 7. The van der Waals surface area contributed by atoms with Crippen molar-refractivity contribution < 1.29 is 14.7 Å². The molecule has 1 amide bonds. The van der Waals surface area contributed by atoms with Crippen LogP contribution in [0, 0.1) is 0 Å². The molecule has 1 fully saturated rings. The summed E-state index contributed by atoms with van der Waals surface area (Å²) >= 11 is 7.76. The zero-order valence-electron chi connectivity index (χ0n) is 16.6. The van der Waals surface area contributed by atoms with Crippen LogP contribution in [-0.2, 0) is 9.59 Å². The summed E-state index contributed by atoms with van der Waals surface area (Å²) in [5.41, 5.74) is 0.521. The molecule has 1 aromatic carbocycles. The summed E-state index contributed by atoms with van der Waals surface area (Å²) in [5, 5.41) is 9.32. The van der Waals surface area contributed by atoms with E-state index in [4.69, 9.17) is 17.3 Å². The lowest BCUT2D eigenvalue weighted by atomic mass is 10.2. The highest BCUT2D eigenvalue weighted by molar-refractivity contribution is 8.26. The molecule has 3 aromatic rings. The number of carbonyl (C=O) groups excluding carboxylic acids is 1. The number of carboxylic acids is 1. The van der Waals surface area contributed by atoms with Gasteiger partial charge in [0.2, 0.25) is 0 Å². The molecule has 1 saturated heterocycles. The van der Waals surface area contributed by atoms with E-state index in [2.05, 4.69) is 4.98 Å². The Morgan fingerprint density at radius 3 is 2.66 bits per heavy atom. The number of aliphatic carboxylic acids is 1. The van der Waals surface area contributed by atoms with E-state index in [0.717, 1.165) is 16.7 Å². The number of pyridine rings is 1. The molecule has 0 aliphatic carbocycles. The lowest BCUT2D eigenvalue weighted by Gasteiger charge is -2.13. The number of carboxylic acid groups (broad SMARTS) is 1. The molecule has 1 aliphatic rings. The Labute approximate surface area is 197 Å². The molecule has 4 rings (SSSR count). The van der Waals surface area contributed by atoms with Gasteiger partial charge in [-0.1, -0.05) is 60.0 Å². The predicted molar refractivity (Wildman–Crippen MR) is 129 cm³/mol. The molecule has 2 aromatic heterocycles. The molecule has 0 unspecified atom stereocenters. The molecule has 162 valence electrons. The maximum Gasteiger partial charge on any atom is 0.303 e. The van der Waals surface area contributed by atoms with Crippen molar-refractivity contribution in [3.8, 4) is 0 Å². The number of aromatic nitrogens is 2. The van der Waals surface area contributed by atoms with E-state index in [-0.39, 0.29) is 24.4 Å². The highest BCUT2D eigenvalue weighted by Gasteiger charge is 2.32. The van der Waals surface area contributed by atoms with Gasteiger partial charge in [0.1, 0.15) is 15.0 Å². The van der Waals surface area contributed by atoms with Crippen LogP contribution in [0.3, 0.4) is 0 Å². The topological polar surface area (TPSA) is 92.0 Å². The van der Waals surface area contributed by atoms with Gasteiger partial charge in [0.15, 0.2) is 0 Å². The second-order valence-corrected chi connectivity index (χ2v) is 9.55. The van der Waals surface area contributed by atoms with Gasteiger partial charge in [-0.3, -0.25) is 23.7 Å². The Morgan fingerprint density at radius 2 is 1.91 bits per heavy atom. The fraction of sp³-hybridized carbons (Fsp3) is 0.136. The predicted octanol–water partition coefficient (Wildman–Crippen LogP) is 3.91. The largest absolute Gasteiger partial charge is 0.481 e. The Bertz CT molecular complexity index is 1300. The first kappa shape index (κ1) is 22.3. The molecule has 0 saturated carbocycles. The van der Waals surface area contributed by atoms with E-state index in [1.807, 2.05) is 30.3 Å². The van der Waals surface area contributed by atoms with Crippen LogP contribution in [0.2, 0.25) is 0 Å². The van der Waals surface area contributed by atoms with Crippen LogP contribution in [0.25, 0.3) is 11.7 Å². The average molecular weight is 484 g/mol. The van der Waals surface area contributed by atoms with Crippen molar-refractivity contribution in [3.05, 3.63) is 75.6 Å². The number of hydrogen-bond acceptors (Lipinski definition) is 7. The van der Waals surface area contributed by atoms with Crippen LogP contribution in [-0.4, -0.2) is 42.1 Å². The maximum atomic E-state index is 13.3. The Hall–Kier alpha value is -2.95. The van der Waals surface area contributed by atoms with Crippen LogP contribution >= 0.6 is 35.7 Å². The monoisotopic (exact) mass is 483 g/mol. The Balaban J connectivity index is 1.73. The van der Waals surface area contributed by atoms with Crippen molar-refractivity contribution in [2.45, 2.75) is 22.8 Å². The number of amides is 1. The van der Waals surface area contributed by atoms with Crippen LogP contribution in [0.5, 0.6) is 0 Å². The molecule has 3 heterocycles. The number of thiocarbonyl (C=S) groups is 1. The molecule has 1 N–H and O–H groups in total. The zero-order valence-corrected chi connectivity index (χ0v) is 19.1. The third-order valence-corrected chi connectivity index (χ3v) is 7.00. The maximum absolute atomic E-state index is 13.3. The van der Waals surface area contributed by atoms with E-state index in [1.165, 1.54) is 27.1 Å². The smallest absolute Gasteiger partial charge is 0.303 e. The minimum atomic E-state index is -0.927. The van der Waals surface area contributed by atoms with Crippen LogP contribution in [0.4, 0.5) is 0 Å². The molecule has 10 heteroatoms. The highest BCUT2D eigenvalue weighted by Crippen LogP contribution is 2.35. The molecule has 32 heavy (non-hydrogen) atoms. The van der Waals surface area contributed by atoms with Gasteiger partial charge in [-0.25, -0.2) is 4.98 Å². The van der Waals surface area contributed by atoms with Gasteiger partial charge >= 0.3 is 5.97 Å². The summed E-state index contributed by atoms with van der Waals surface area (Å²) < 4.78 is 1.78. The molecular weight excluding hydrogens is 466 g/mol. The third kappa shape index (κ3) is 4.77. The fourth-order valence-electron chi connectivity index (χ4n) is 3.10. The normalized spacial score (nSPS) is 15.1. The second kappa shape index (κ2) is 9.68. The summed E-state index contributed by atoms with van der Waals surface area (Å²) in [7, 11) is 0. The molecule has 7 nitrogen and oxygen atoms in total. The summed E-state index contributed by atoms with van der Waals surface area (Å²) in [6.45, 7) is 0.217. The van der Waals surface area contributed by atoms with Gasteiger partial charge in [-0.15, -0.1) is 0 Å². The van der Waals surface area contributed by atoms with Gasteiger partial charge in [0.25, 0.3) is 11.5 Å². The number of carbonyl (C=O) groups is 2. The summed E-state index contributed by atoms with van der Waals surface area (Å²) in [6.07, 6.45) is 3.42. The first-order valence-corrected chi connectivity index (χ1v) is 11.7. The van der Waals surface area contributed by atoms with Crippen LogP contribution in [0.15, 0.2) is 74.3 Å².